The summed E-state index contributed by atoms with van der Waals surface area (Å²) in [5, 5.41) is 2.89. The van der Waals surface area contributed by atoms with Gasteiger partial charge in [-0.15, -0.1) is 0 Å². The monoisotopic (exact) mass is 152 g/mol. The second-order valence-corrected chi connectivity index (χ2v) is 2.43. The summed E-state index contributed by atoms with van der Waals surface area (Å²) in [4.78, 5) is 0. The fourth-order valence-corrected chi connectivity index (χ4v) is 0.763. The first-order valence-corrected chi connectivity index (χ1v) is 2.83. The van der Waals surface area contributed by atoms with Gasteiger partial charge in [0.05, 0.1) is 0 Å². The lowest BCUT2D eigenvalue weighted by Gasteiger charge is -2.12. The van der Waals surface area contributed by atoms with Gasteiger partial charge in [-0.1, -0.05) is 0 Å². The van der Waals surface area contributed by atoms with Gasteiger partial charge in [-0.3, -0.25) is 0 Å². The SMILES string of the molecule is NN=CC1(C(F)(F)F)CC1. The quantitative estimate of drug-likeness (QED) is 0.343. The van der Waals surface area contributed by atoms with Crippen molar-refractivity contribution in [1.82, 2.24) is 0 Å². The summed E-state index contributed by atoms with van der Waals surface area (Å²) in [7, 11) is 0. The van der Waals surface area contributed by atoms with Crippen molar-refractivity contribution in [3.63, 3.8) is 0 Å². The Morgan fingerprint density at radius 2 is 1.90 bits per heavy atom. The molecule has 0 aromatic heterocycles. The average molecular weight is 152 g/mol. The van der Waals surface area contributed by atoms with Crippen LogP contribution < -0.4 is 5.84 Å². The number of hydrazone groups is 1. The van der Waals surface area contributed by atoms with Gasteiger partial charge >= 0.3 is 6.18 Å². The van der Waals surface area contributed by atoms with Crippen LogP contribution >= 0.6 is 0 Å². The number of nitrogens with zero attached hydrogens (tertiary/aromatic N) is 1. The van der Waals surface area contributed by atoms with Crippen molar-refractivity contribution >= 4 is 6.21 Å². The van der Waals surface area contributed by atoms with Crippen molar-refractivity contribution in [2.24, 2.45) is 16.4 Å². The van der Waals surface area contributed by atoms with Crippen molar-refractivity contribution in [3.8, 4) is 0 Å². The second kappa shape index (κ2) is 1.87. The molecule has 1 rings (SSSR count). The van der Waals surface area contributed by atoms with Gasteiger partial charge in [-0.05, 0) is 12.8 Å². The first kappa shape index (κ1) is 7.37. The zero-order chi connectivity index (χ0) is 7.83. The van der Waals surface area contributed by atoms with Gasteiger partial charge in [0.1, 0.15) is 5.41 Å². The molecule has 0 aromatic carbocycles. The van der Waals surface area contributed by atoms with Crippen LogP contribution in [0.5, 0.6) is 0 Å². The molecule has 0 saturated heterocycles. The largest absolute Gasteiger partial charge is 0.399 e. The van der Waals surface area contributed by atoms with Gasteiger partial charge in [0.25, 0.3) is 0 Å². The molecule has 1 aliphatic rings. The van der Waals surface area contributed by atoms with Crippen LogP contribution in [0.1, 0.15) is 12.8 Å². The zero-order valence-electron chi connectivity index (χ0n) is 5.15. The van der Waals surface area contributed by atoms with Crippen LogP contribution in [0, 0.1) is 5.41 Å². The molecule has 2 N–H and O–H groups in total. The van der Waals surface area contributed by atoms with E-state index in [-0.39, 0.29) is 12.8 Å². The maximum absolute atomic E-state index is 11.9. The molecule has 0 radical (unpaired) electrons. The molecule has 0 amide bonds. The van der Waals surface area contributed by atoms with E-state index in [2.05, 4.69) is 10.9 Å². The molecule has 2 nitrogen and oxygen atoms in total. The lowest BCUT2D eigenvalue weighted by molar-refractivity contribution is -0.164. The normalized spacial score (nSPS) is 23.5. The van der Waals surface area contributed by atoms with Crippen LogP contribution in [-0.2, 0) is 0 Å². The van der Waals surface area contributed by atoms with Gasteiger partial charge in [-0.2, -0.15) is 18.3 Å². The molecule has 58 valence electrons. The van der Waals surface area contributed by atoms with E-state index < -0.39 is 11.6 Å². The van der Waals surface area contributed by atoms with Crippen molar-refractivity contribution in [3.05, 3.63) is 0 Å². The van der Waals surface area contributed by atoms with Gasteiger partial charge < -0.3 is 5.84 Å². The number of alkyl halides is 3. The highest BCUT2D eigenvalue weighted by Gasteiger charge is 2.62. The minimum absolute atomic E-state index is 0.122. The van der Waals surface area contributed by atoms with E-state index in [0.717, 1.165) is 6.21 Å². The molecule has 0 aliphatic heterocycles. The number of halogens is 3. The number of hydrogen-bond acceptors (Lipinski definition) is 2. The molecule has 0 heterocycles. The summed E-state index contributed by atoms with van der Waals surface area (Å²) in [6.45, 7) is 0. The van der Waals surface area contributed by atoms with E-state index in [1.165, 1.54) is 0 Å². The Bertz CT molecular complexity index is 157. The molecule has 0 atom stereocenters. The predicted molar refractivity (Wildman–Crippen MR) is 30.4 cm³/mol. The Labute approximate surface area is 55.9 Å². The Hall–Kier alpha value is -0.740. The summed E-state index contributed by atoms with van der Waals surface area (Å²) >= 11 is 0. The molecule has 10 heavy (non-hydrogen) atoms. The van der Waals surface area contributed by atoms with Gasteiger partial charge in [0.15, 0.2) is 0 Å². The molecular formula is C5H7F3N2. The maximum atomic E-state index is 11.9. The first-order chi connectivity index (χ1) is 4.52. The highest BCUT2D eigenvalue weighted by molar-refractivity contribution is 5.70. The number of rotatable bonds is 1. The van der Waals surface area contributed by atoms with E-state index in [1.807, 2.05) is 0 Å². The Kier molecular flexibility index (Phi) is 1.38. The average Bonchev–Trinajstić information content (AvgIpc) is 2.45. The van der Waals surface area contributed by atoms with E-state index >= 15 is 0 Å². The fourth-order valence-electron chi connectivity index (χ4n) is 0.763. The summed E-state index contributed by atoms with van der Waals surface area (Å²) in [6, 6.07) is 0. The van der Waals surface area contributed by atoms with E-state index in [0.29, 0.717) is 0 Å². The Morgan fingerprint density at radius 3 is 2.00 bits per heavy atom. The van der Waals surface area contributed by atoms with E-state index in [9.17, 15) is 13.2 Å². The van der Waals surface area contributed by atoms with Gasteiger partial charge in [0, 0.05) is 6.21 Å². The Balaban J connectivity index is 2.70. The third-order valence-electron chi connectivity index (χ3n) is 1.67. The molecule has 0 spiro atoms. The summed E-state index contributed by atoms with van der Waals surface area (Å²) in [5.41, 5.74) is -1.68. The molecule has 1 aliphatic carbocycles. The predicted octanol–water partition coefficient (Wildman–Crippen LogP) is 1.27. The smallest absolute Gasteiger partial charge is 0.324 e. The van der Waals surface area contributed by atoms with Crippen molar-refractivity contribution in [1.29, 1.82) is 0 Å². The first-order valence-electron chi connectivity index (χ1n) is 2.83. The lowest BCUT2D eigenvalue weighted by Crippen LogP contribution is -2.26. The van der Waals surface area contributed by atoms with Crippen LogP contribution in [0.3, 0.4) is 0 Å². The van der Waals surface area contributed by atoms with E-state index in [4.69, 9.17) is 0 Å². The van der Waals surface area contributed by atoms with Gasteiger partial charge in [-0.25, -0.2) is 0 Å². The maximum Gasteiger partial charge on any atom is 0.399 e. The molecule has 0 bridgehead atoms. The molecular weight excluding hydrogens is 145 g/mol. The van der Waals surface area contributed by atoms with Crippen LogP contribution in [0.2, 0.25) is 0 Å². The molecule has 1 saturated carbocycles. The van der Waals surface area contributed by atoms with Crippen LogP contribution in [0.25, 0.3) is 0 Å². The summed E-state index contributed by atoms with van der Waals surface area (Å²) in [5.74, 6) is 4.62. The molecule has 5 heteroatoms. The highest BCUT2D eigenvalue weighted by atomic mass is 19.4. The van der Waals surface area contributed by atoms with Crippen molar-refractivity contribution in [2.75, 3.05) is 0 Å². The minimum atomic E-state index is -4.17. The number of hydrogen-bond donors (Lipinski definition) is 1. The summed E-state index contributed by atoms with van der Waals surface area (Å²) < 4.78 is 35.8. The Morgan fingerprint density at radius 1 is 1.40 bits per heavy atom. The lowest BCUT2D eigenvalue weighted by atomic mass is 10.1. The third-order valence-corrected chi connectivity index (χ3v) is 1.67. The fraction of sp³-hybridized carbons (Fsp3) is 0.800. The second-order valence-electron chi connectivity index (χ2n) is 2.43. The highest BCUT2D eigenvalue weighted by Crippen LogP contribution is 2.55. The molecule has 0 unspecified atom stereocenters. The van der Waals surface area contributed by atoms with Crippen LogP contribution in [0.4, 0.5) is 13.2 Å². The van der Waals surface area contributed by atoms with Crippen molar-refractivity contribution < 1.29 is 13.2 Å². The van der Waals surface area contributed by atoms with Crippen LogP contribution in [-0.4, -0.2) is 12.4 Å². The molecule has 1 fully saturated rings. The number of nitrogens with two attached hydrogens (primary N) is 1. The standard InChI is InChI=1S/C5H7F3N2/c6-5(7,8)4(1-2-4)3-10-9/h3H,1-2,9H2. The topological polar surface area (TPSA) is 38.4 Å². The van der Waals surface area contributed by atoms with E-state index in [1.54, 1.807) is 0 Å². The van der Waals surface area contributed by atoms with Crippen molar-refractivity contribution in [2.45, 2.75) is 19.0 Å². The molecule has 0 aromatic rings. The minimum Gasteiger partial charge on any atom is -0.324 e. The summed E-state index contributed by atoms with van der Waals surface area (Å²) in [6.07, 6.45) is -3.14. The van der Waals surface area contributed by atoms with Crippen LogP contribution in [0.15, 0.2) is 5.10 Å². The zero-order valence-corrected chi connectivity index (χ0v) is 5.15. The third kappa shape index (κ3) is 0.955. The van der Waals surface area contributed by atoms with Gasteiger partial charge in [0.2, 0.25) is 0 Å².